The van der Waals surface area contributed by atoms with Crippen LogP contribution < -0.4 is 0 Å². The van der Waals surface area contributed by atoms with Crippen LogP contribution in [0.5, 0.6) is 0 Å². The Morgan fingerprint density at radius 2 is 0.981 bits per heavy atom. The van der Waals surface area contributed by atoms with Crippen molar-refractivity contribution in [3.05, 3.63) is 170 Å². The molecule has 2 heteroatoms. The Morgan fingerprint density at radius 1 is 0.500 bits per heavy atom. The van der Waals surface area contributed by atoms with Crippen LogP contribution in [0.1, 0.15) is 74.9 Å². The van der Waals surface area contributed by atoms with Gasteiger partial charge in [0.1, 0.15) is 0 Å². The van der Waals surface area contributed by atoms with Crippen LogP contribution in [0.4, 0.5) is 0 Å². The molecule has 0 aliphatic heterocycles. The first-order valence-corrected chi connectivity index (χ1v) is 21.8. The van der Waals surface area contributed by atoms with Gasteiger partial charge in [-0.25, -0.2) is 0 Å². The second-order valence-electron chi connectivity index (χ2n) is 15.8. The van der Waals surface area contributed by atoms with E-state index in [-0.39, 0.29) is 25.7 Å². The molecule has 0 N–H and O–H groups in total. The summed E-state index contributed by atoms with van der Waals surface area (Å²) in [5.74, 6) is 0. The second-order valence-corrected chi connectivity index (χ2v) is 15.8. The third kappa shape index (κ3) is 9.31. The standard InChI is InChI=1S/C27H27.C21H23.2CH3.Si.Zr/c1-18-8-6-9-19(2)26(18)22-16-21-10-7-11-24(25(21)17-22)20-12-14-23(15-13-20)27(3,4)5;1-14-12-19-15(2)6-11-18(20(19)13-14)16-7-9-17(10-8-16)21(3,4)5;;;;/h6-17H,1-5H3;6-13H,1-5H3;2*1H3;;/q4*-1;;. The summed E-state index contributed by atoms with van der Waals surface area (Å²) in [7, 11) is 0. The van der Waals surface area contributed by atoms with Crippen LogP contribution in [0.25, 0.3) is 54.9 Å². The second kappa shape index (κ2) is 17.5. The van der Waals surface area contributed by atoms with E-state index in [0.717, 1.165) is 0 Å². The maximum atomic E-state index is 3.06. The average Bonchev–Trinajstić information content (AvgIpc) is 3.69. The van der Waals surface area contributed by atoms with Crippen molar-refractivity contribution in [1.82, 2.24) is 0 Å². The summed E-state index contributed by atoms with van der Waals surface area (Å²) in [5, 5.41) is 5.39. The Kier molecular flexibility index (Phi) is 14.4. The molecule has 0 bridgehead atoms. The van der Waals surface area contributed by atoms with E-state index in [4.69, 9.17) is 0 Å². The van der Waals surface area contributed by atoms with Gasteiger partial charge in [-0.1, -0.05) is 168 Å². The predicted octanol–water partition coefficient (Wildman–Crippen LogP) is 14.5. The molecule has 0 aliphatic rings. The van der Waals surface area contributed by atoms with Gasteiger partial charge in [0.15, 0.2) is 0 Å². The van der Waals surface area contributed by atoms with Crippen LogP contribution in [-0.2, 0) is 34.2 Å². The van der Waals surface area contributed by atoms with E-state index in [1.54, 1.807) is 0 Å². The molecule has 2 radical (unpaired) electrons. The molecule has 7 rings (SSSR count). The predicted molar refractivity (Wildman–Crippen MR) is 230 cm³/mol. The van der Waals surface area contributed by atoms with E-state index in [2.05, 4.69) is 197 Å². The van der Waals surface area contributed by atoms with Gasteiger partial charge in [0.25, 0.3) is 0 Å². The zero-order valence-corrected chi connectivity index (χ0v) is 37.0. The van der Waals surface area contributed by atoms with Gasteiger partial charge in [-0.2, -0.15) is 6.07 Å². The van der Waals surface area contributed by atoms with Gasteiger partial charge in [-0.05, 0) is 46.9 Å². The molecule has 0 nitrogen and oxygen atoms in total. The Hall–Kier alpha value is -3.58. The van der Waals surface area contributed by atoms with Crippen molar-refractivity contribution >= 4 is 28.4 Å². The zero-order chi connectivity index (χ0) is 36.4. The van der Waals surface area contributed by atoms with Crippen LogP contribution >= 0.6 is 0 Å². The Bertz CT molecular complexity index is 2210. The molecule has 7 aromatic rings. The monoisotopic (exact) mass is 774 g/mol. The molecule has 0 fully saturated rings. The van der Waals surface area contributed by atoms with Crippen LogP contribution in [-0.4, -0.2) is 6.88 Å². The molecule has 0 aliphatic carbocycles. The van der Waals surface area contributed by atoms with Crippen LogP contribution in [0.15, 0.2) is 121 Å². The minimum atomic E-state index is 0. The molecule has 0 unspecified atom stereocenters. The van der Waals surface area contributed by atoms with E-state index < -0.39 is 0 Å². The Balaban J connectivity index is 0.000000265. The van der Waals surface area contributed by atoms with E-state index in [9.17, 15) is 0 Å². The molecule has 7 aromatic carbocycles. The van der Waals surface area contributed by atoms with Crippen molar-refractivity contribution < 1.29 is 23.3 Å². The van der Waals surface area contributed by atoms with Gasteiger partial charge in [-0.15, -0.1) is 68.6 Å². The van der Waals surface area contributed by atoms with E-state index in [1.165, 1.54) is 112 Å². The number of aryl methyl sites for hydroxylation is 4. The van der Waals surface area contributed by atoms with Crippen LogP contribution in [0.3, 0.4) is 0 Å². The fourth-order valence-electron chi connectivity index (χ4n) is 7.04. The van der Waals surface area contributed by atoms with E-state index in [1.807, 2.05) is 0 Å². The molecular weight excluding hydrogens is 720 g/mol. The fraction of sp³-hybridized carbons (Fsp3) is 0.240. The van der Waals surface area contributed by atoms with Gasteiger partial charge >= 0.3 is 30.2 Å². The summed E-state index contributed by atoms with van der Waals surface area (Å²) in [4.78, 5) is 0. The third-order valence-electron chi connectivity index (χ3n) is 9.89. The van der Waals surface area contributed by atoms with Gasteiger partial charge in [-0.3, -0.25) is 0 Å². The molecule has 0 aromatic heterocycles. The summed E-state index contributed by atoms with van der Waals surface area (Å²) < 4.78 is 0. The van der Waals surface area contributed by atoms with Crippen LogP contribution in [0, 0.1) is 42.5 Å². The van der Waals surface area contributed by atoms with Crippen molar-refractivity contribution in [2.45, 2.75) is 80.1 Å². The van der Waals surface area contributed by atoms with E-state index >= 15 is 0 Å². The third-order valence-corrected chi connectivity index (χ3v) is 9.89. The topological polar surface area (TPSA) is 0 Å². The molecule has 0 saturated heterocycles. The van der Waals surface area contributed by atoms with Crippen LogP contribution in [0.2, 0.25) is 0 Å². The Labute approximate surface area is 332 Å². The number of rotatable bonds is 3. The quantitative estimate of drug-likeness (QED) is 0.124. The number of benzene rings is 5. The van der Waals surface area contributed by atoms with Gasteiger partial charge in [0.05, 0.1) is 0 Å². The molecule has 0 amide bonds. The molecule has 0 saturated carbocycles. The number of hydrogen-bond acceptors (Lipinski definition) is 0. The molecule has 0 heterocycles. The van der Waals surface area contributed by atoms with Crippen molar-refractivity contribution in [2.24, 2.45) is 0 Å². The molecule has 0 spiro atoms. The van der Waals surface area contributed by atoms with Crippen molar-refractivity contribution in [2.75, 3.05) is 0 Å². The maximum absolute atomic E-state index is 3.06. The first-order valence-electron chi connectivity index (χ1n) is 17.6. The molecule has 0 atom stereocenters. The van der Waals surface area contributed by atoms with Gasteiger partial charge in [0, 0.05) is 0 Å². The summed E-state index contributed by atoms with van der Waals surface area (Å²) in [5.41, 5.74) is 16.4. The number of hydrogen-bond donors (Lipinski definition) is 0. The SMILES string of the molecule is Cc1cc2c(-c3ccc(C(C)(C)C)cc3)ccc(C)c2[cH-]1.Cc1cccc(C)c1-c1cc2c(-c3ccc(C(C)(C)C)cc3)cccc2[cH-]1.[CH3-].[CH3-].[Si]=[Zr]. The van der Waals surface area contributed by atoms with Gasteiger partial charge < -0.3 is 14.9 Å². The summed E-state index contributed by atoms with van der Waals surface area (Å²) >= 11 is 1.36. The Morgan fingerprint density at radius 3 is 1.48 bits per heavy atom. The average molecular weight is 776 g/mol. The summed E-state index contributed by atoms with van der Waals surface area (Å²) in [6, 6.07) is 45.0. The summed E-state index contributed by atoms with van der Waals surface area (Å²) in [6.45, 7) is 25.4. The molecular formula is C50H56SiZr-4. The van der Waals surface area contributed by atoms with Crippen molar-refractivity contribution in [3.63, 3.8) is 0 Å². The normalized spacial score (nSPS) is 11.1. The summed E-state index contributed by atoms with van der Waals surface area (Å²) in [6.07, 6.45) is 0. The number of fused-ring (bicyclic) bond motifs is 2. The minimum absolute atomic E-state index is 0. The first-order chi connectivity index (χ1) is 23.7. The van der Waals surface area contributed by atoms with E-state index in [0.29, 0.717) is 0 Å². The van der Waals surface area contributed by atoms with Crippen molar-refractivity contribution in [1.29, 1.82) is 0 Å². The zero-order valence-electron chi connectivity index (χ0n) is 33.5. The van der Waals surface area contributed by atoms with Gasteiger partial charge in [0.2, 0.25) is 0 Å². The molecule has 52 heavy (non-hydrogen) atoms. The fourth-order valence-corrected chi connectivity index (χ4v) is 7.04. The van der Waals surface area contributed by atoms with Crippen molar-refractivity contribution in [3.8, 4) is 33.4 Å². The molecule has 268 valence electrons. The first kappa shape index (κ1) is 42.8.